The van der Waals surface area contributed by atoms with Gasteiger partial charge in [0, 0.05) is 54.3 Å². The Bertz CT molecular complexity index is 1060. The van der Waals surface area contributed by atoms with Crippen molar-refractivity contribution in [2.24, 2.45) is 7.05 Å². The summed E-state index contributed by atoms with van der Waals surface area (Å²) in [6.07, 6.45) is 8.85. The van der Waals surface area contributed by atoms with Crippen LogP contribution in [0.5, 0.6) is 0 Å². The Hall–Kier alpha value is -2.67. The van der Waals surface area contributed by atoms with Crippen LogP contribution in [0.4, 0.5) is 15.4 Å². The molecule has 1 N–H and O–H groups in total. The molecule has 0 aliphatic rings. The highest BCUT2D eigenvalue weighted by atomic mass is 32.2. The molecule has 4 rings (SSSR count). The fourth-order valence-electron chi connectivity index (χ4n) is 3.16. The topological polar surface area (TPSA) is 55.6 Å². The van der Waals surface area contributed by atoms with Crippen LogP contribution in [-0.4, -0.2) is 25.3 Å². The van der Waals surface area contributed by atoms with Crippen molar-refractivity contribution in [2.45, 2.75) is 12.8 Å². The van der Waals surface area contributed by atoms with Gasteiger partial charge in [-0.1, -0.05) is 0 Å². The summed E-state index contributed by atoms with van der Waals surface area (Å²) in [5.74, 6) is 1.26. The molecule has 0 atom stereocenters. The molecule has 0 fully saturated rings. The normalized spacial score (nSPS) is 11.3. The first-order valence-corrected chi connectivity index (χ1v) is 9.28. The molecule has 0 amide bonds. The lowest BCUT2D eigenvalue weighted by molar-refractivity contribution is 0.883. The van der Waals surface area contributed by atoms with E-state index in [-0.39, 0.29) is 0 Å². The monoisotopic (exact) mass is 367 g/mol. The Labute approximate surface area is 155 Å². The van der Waals surface area contributed by atoms with Crippen molar-refractivity contribution in [2.75, 3.05) is 11.1 Å². The fraction of sp³-hybridized carbons (Fsp3) is 0.211. The smallest absolute Gasteiger partial charge is 0.143 e. The average molecular weight is 367 g/mol. The number of rotatable bonds is 6. The molecular formula is C19H18FN5S. The highest BCUT2D eigenvalue weighted by Gasteiger charge is 2.10. The molecule has 0 aliphatic carbocycles. The van der Waals surface area contributed by atoms with E-state index in [0.717, 1.165) is 51.8 Å². The summed E-state index contributed by atoms with van der Waals surface area (Å²) in [5.41, 5.74) is 3.97. The average Bonchev–Trinajstić information content (AvgIpc) is 2.95. The third-order valence-corrected chi connectivity index (χ3v) is 4.84. The summed E-state index contributed by atoms with van der Waals surface area (Å²) in [6.45, 7) is 0. The standard InChI is InChI=1S/C19H18FN5S/c1-25-17-6-7-21-12-16(17)15-4-5-18(24-19(15)25)23-14-9-13(10-22-11-14)3-2-8-26-20/h4-7,9-12H,2-3,8H2,1H3,(H,23,24). The quantitative estimate of drug-likeness (QED) is 0.496. The van der Waals surface area contributed by atoms with Crippen molar-refractivity contribution in [1.29, 1.82) is 0 Å². The van der Waals surface area contributed by atoms with Crippen LogP contribution < -0.4 is 5.32 Å². The fourth-order valence-corrected chi connectivity index (χ4v) is 3.41. The molecule has 4 heterocycles. The van der Waals surface area contributed by atoms with E-state index in [2.05, 4.69) is 25.9 Å². The first-order valence-electron chi connectivity index (χ1n) is 8.40. The van der Waals surface area contributed by atoms with Gasteiger partial charge in [-0.25, -0.2) is 4.98 Å². The summed E-state index contributed by atoms with van der Waals surface area (Å²) in [5, 5.41) is 5.49. The van der Waals surface area contributed by atoms with Crippen LogP contribution in [-0.2, 0) is 13.5 Å². The van der Waals surface area contributed by atoms with E-state index in [0.29, 0.717) is 17.9 Å². The maximum atomic E-state index is 12.2. The van der Waals surface area contributed by atoms with Crippen LogP contribution in [0.15, 0.2) is 49.1 Å². The van der Waals surface area contributed by atoms with Gasteiger partial charge in [0.25, 0.3) is 0 Å². The molecular weight excluding hydrogens is 349 g/mol. The van der Waals surface area contributed by atoms with Gasteiger partial charge in [-0.3, -0.25) is 9.97 Å². The van der Waals surface area contributed by atoms with E-state index in [9.17, 15) is 3.89 Å². The Morgan fingerprint density at radius 2 is 2.04 bits per heavy atom. The molecule has 0 spiro atoms. The SMILES string of the molecule is Cn1c2ccncc2c2ccc(Nc3cncc(CCCSF)c3)nc21. The van der Waals surface area contributed by atoms with E-state index in [1.54, 1.807) is 12.4 Å². The number of halogens is 1. The van der Waals surface area contributed by atoms with Gasteiger partial charge in [-0.15, -0.1) is 0 Å². The third kappa shape index (κ3) is 3.22. The molecule has 4 aromatic heterocycles. The van der Waals surface area contributed by atoms with E-state index in [4.69, 9.17) is 4.98 Å². The number of fused-ring (bicyclic) bond motifs is 3. The van der Waals surface area contributed by atoms with Crippen molar-refractivity contribution in [1.82, 2.24) is 19.5 Å². The number of aryl methyl sites for hydroxylation is 2. The van der Waals surface area contributed by atoms with Gasteiger partial charge >= 0.3 is 0 Å². The number of nitrogens with one attached hydrogen (secondary N) is 1. The lowest BCUT2D eigenvalue weighted by Gasteiger charge is -2.08. The molecule has 7 heteroatoms. The minimum Gasteiger partial charge on any atom is -0.339 e. The zero-order chi connectivity index (χ0) is 17.9. The Kier molecular flexibility index (Phi) is 4.71. The Morgan fingerprint density at radius 1 is 1.12 bits per heavy atom. The predicted octanol–water partition coefficient (Wildman–Crippen LogP) is 4.81. The number of pyridine rings is 3. The van der Waals surface area contributed by atoms with Crippen LogP contribution in [0.25, 0.3) is 21.9 Å². The highest BCUT2D eigenvalue weighted by molar-refractivity contribution is 7.94. The van der Waals surface area contributed by atoms with E-state index in [1.165, 1.54) is 0 Å². The van der Waals surface area contributed by atoms with E-state index < -0.39 is 0 Å². The van der Waals surface area contributed by atoms with E-state index in [1.807, 2.05) is 37.6 Å². The van der Waals surface area contributed by atoms with Crippen molar-refractivity contribution in [3.63, 3.8) is 0 Å². The minimum atomic E-state index is 0.379. The molecule has 0 unspecified atom stereocenters. The Morgan fingerprint density at radius 3 is 2.92 bits per heavy atom. The predicted molar refractivity (Wildman–Crippen MR) is 105 cm³/mol. The lowest BCUT2D eigenvalue weighted by Crippen LogP contribution is -1.98. The first kappa shape index (κ1) is 16.8. The number of hydrogen-bond acceptors (Lipinski definition) is 5. The van der Waals surface area contributed by atoms with Crippen LogP contribution >= 0.6 is 12.1 Å². The van der Waals surface area contributed by atoms with E-state index >= 15 is 0 Å². The minimum absolute atomic E-state index is 0.379. The zero-order valence-corrected chi connectivity index (χ0v) is 15.1. The van der Waals surface area contributed by atoms with Gasteiger partial charge in [0.1, 0.15) is 11.5 Å². The third-order valence-electron chi connectivity index (χ3n) is 4.40. The van der Waals surface area contributed by atoms with Crippen LogP contribution in [0.2, 0.25) is 0 Å². The highest BCUT2D eigenvalue weighted by Crippen LogP contribution is 2.28. The second kappa shape index (κ2) is 7.29. The molecule has 132 valence electrons. The largest absolute Gasteiger partial charge is 0.339 e. The first-order chi connectivity index (χ1) is 12.8. The van der Waals surface area contributed by atoms with Gasteiger partial charge in [-0.05, 0) is 42.7 Å². The van der Waals surface area contributed by atoms with Crippen molar-refractivity contribution < 1.29 is 3.89 Å². The molecule has 4 aromatic rings. The molecule has 0 radical (unpaired) electrons. The van der Waals surface area contributed by atoms with Gasteiger partial charge < -0.3 is 9.88 Å². The second-order valence-corrected chi connectivity index (χ2v) is 6.77. The van der Waals surface area contributed by atoms with Crippen molar-refractivity contribution in [3.8, 4) is 0 Å². The molecule has 0 bridgehead atoms. The Balaban J connectivity index is 1.62. The summed E-state index contributed by atoms with van der Waals surface area (Å²) >= 11 is 0.379. The maximum Gasteiger partial charge on any atom is 0.143 e. The molecule has 5 nitrogen and oxygen atoms in total. The van der Waals surface area contributed by atoms with Gasteiger partial charge in [0.2, 0.25) is 0 Å². The lowest BCUT2D eigenvalue weighted by atomic mass is 10.1. The molecule has 26 heavy (non-hydrogen) atoms. The van der Waals surface area contributed by atoms with Crippen molar-refractivity contribution in [3.05, 3.63) is 54.6 Å². The second-order valence-electron chi connectivity index (χ2n) is 6.14. The summed E-state index contributed by atoms with van der Waals surface area (Å²) < 4.78 is 14.2. The number of hydrogen-bond donors (Lipinski definition) is 1. The van der Waals surface area contributed by atoms with Gasteiger partial charge in [0.05, 0.1) is 17.4 Å². The van der Waals surface area contributed by atoms with Crippen LogP contribution in [0, 0.1) is 0 Å². The maximum absolute atomic E-state index is 12.2. The van der Waals surface area contributed by atoms with Crippen LogP contribution in [0.3, 0.4) is 0 Å². The van der Waals surface area contributed by atoms with Crippen LogP contribution in [0.1, 0.15) is 12.0 Å². The molecule has 0 aliphatic heterocycles. The summed E-state index contributed by atoms with van der Waals surface area (Å²) in [6, 6.07) is 8.05. The molecule has 0 aromatic carbocycles. The molecule has 0 saturated heterocycles. The zero-order valence-electron chi connectivity index (χ0n) is 14.3. The number of anilines is 2. The molecule has 0 saturated carbocycles. The van der Waals surface area contributed by atoms with Crippen molar-refractivity contribution >= 4 is 45.6 Å². The number of nitrogens with zero attached hydrogens (tertiary/aromatic N) is 4. The summed E-state index contributed by atoms with van der Waals surface area (Å²) in [4.78, 5) is 13.2. The van der Waals surface area contributed by atoms with Gasteiger partial charge in [-0.2, -0.15) is 3.89 Å². The van der Waals surface area contributed by atoms with Gasteiger partial charge in [0.15, 0.2) is 0 Å². The summed E-state index contributed by atoms with van der Waals surface area (Å²) in [7, 11) is 2.01. The number of aromatic nitrogens is 4.